The Balaban J connectivity index is 1.41. The van der Waals surface area contributed by atoms with Gasteiger partial charge in [0.2, 0.25) is 0 Å². The Bertz CT molecular complexity index is 1290. The molecule has 0 bridgehead atoms. The second kappa shape index (κ2) is 9.11. The minimum absolute atomic E-state index is 0.267. The van der Waals surface area contributed by atoms with Crippen molar-refractivity contribution in [2.75, 3.05) is 12.3 Å². The molecule has 0 atom stereocenters. The van der Waals surface area contributed by atoms with Crippen LogP contribution in [-0.2, 0) is 26.1 Å². The van der Waals surface area contributed by atoms with Crippen molar-refractivity contribution in [1.29, 1.82) is 0 Å². The minimum atomic E-state index is 0.267. The van der Waals surface area contributed by atoms with Crippen LogP contribution in [0, 0.1) is 0 Å². The highest BCUT2D eigenvalue weighted by molar-refractivity contribution is 9.10. The van der Waals surface area contributed by atoms with Crippen LogP contribution in [0.25, 0.3) is 11.0 Å². The summed E-state index contributed by atoms with van der Waals surface area (Å²) in [5.74, 6) is 0.406. The van der Waals surface area contributed by atoms with Crippen LogP contribution < -0.4 is 10.5 Å². The van der Waals surface area contributed by atoms with E-state index < -0.39 is 0 Å². The number of ether oxygens (including phenoxy) is 1. The number of fused-ring (bicyclic) bond motifs is 2. The van der Waals surface area contributed by atoms with E-state index in [-0.39, 0.29) is 6.01 Å². The maximum atomic E-state index is 6.25. The molecule has 1 aromatic carbocycles. The first-order valence-electron chi connectivity index (χ1n) is 11.2. The Morgan fingerprint density at radius 1 is 1.06 bits per heavy atom. The molecule has 5 rings (SSSR count). The average molecular weight is 507 g/mol. The second-order valence-electron chi connectivity index (χ2n) is 8.74. The van der Waals surface area contributed by atoms with Crippen molar-refractivity contribution in [2.24, 2.45) is 0 Å². The van der Waals surface area contributed by atoms with Crippen molar-refractivity contribution in [3.8, 4) is 6.01 Å². The summed E-state index contributed by atoms with van der Waals surface area (Å²) >= 11 is 3.69. The van der Waals surface area contributed by atoms with Gasteiger partial charge in [0.15, 0.2) is 5.65 Å². The molecular formula is C25H27BrN6O. The lowest BCUT2D eigenvalue weighted by atomic mass is 9.96. The molecule has 3 aromatic heterocycles. The molecule has 0 amide bonds. The Kier molecular flexibility index (Phi) is 6.03. The van der Waals surface area contributed by atoms with Crippen molar-refractivity contribution < 1.29 is 4.74 Å². The molecule has 2 N–H and O–H groups in total. The SMILES string of the molecule is CC(C)N1CCc2cc(Cn3c(Br)cc4c(N)nc(OCc5ccncc5)nc43)ccc2C1. The van der Waals surface area contributed by atoms with Gasteiger partial charge in [-0.15, -0.1) is 0 Å². The summed E-state index contributed by atoms with van der Waals surface area (Å²) in [6.07, 6.45) is 4.55. The molecule has 0 spiro atoms. The molecule has 33 heavy (non-hydrogen) atoms. The molecule has 0 saturated heterocycles. The molecule has 0 radical (unpaired) electrons. The Morgan fingerprint density at radius 2 is 1.88 bits per heavy atom. The van der Waals surface area contributed by atoms with Crippen molar-refractivity contribution in [2.45, 2.75) is 46.0 Å². The predicted octanol–water partition coefficient (Wildman–Crippen LogP) is 4.56. The number of nitrogens with two attached hydrogens (primary N) is 1. The number of pyridine rings is 1. The van der Waals surface area contributed by atoms with Gasteiger partial charge in [-0.2, -0.15) is 9.97 Å². The molecule has 0 unspecified atom stereocenters. The number of benzene rings is 1. The smallest absolute Gasteiger partial charge is 0.320 e. The fourth-order valence-electron chi connectivity index (χ4n) is 4.29. The zero-order chi connectivity index (χ0) is 22.9. The van der Waals surface area contributed by atoms with E-state index in [2.05, 4.69) is 72.4 Å². The standard InChI is InChI=1S/C25H27BrN6O/c1-16(2)31-10-7-19-11-18(3-4-20(19)14-31)13-32-22(26)12-21-23(27)29-25(30-24(21)32)33-15-17-5-8-28-9-6-17/h3-6,8-9,11-12,16H,7,10,13-15H2,1-2H3,(H2,27,29,30). The molecule has 1 aliphatic rings. The number of halogens is 1. The first-order chi connectivity index (χ1) is 16.0. The summed E-state index contributed by atoms with van der Waals surface area (Å²) in [4.78, 5) is 15.6. The number of aromatic nitrogens is 4. The molecule has 4 heterocycles. The van der Waals surface area contributed by atoms with Gasteiger partial charge >= 0.3 is 6.01 Å². The van der Waals surface area contributed by atoms with Gasteiger partial charge in [-0.1, -0.05) is 18.2 Å². The highest BCUT2D eigenvalue weighted by Gasteiger charge is 2.19. The Hall–Kier alpha value is -2.97. The molecule has 0 aliphatic carbocycles. The topological polar surface area (TPSA) is 82.1 Å². The van der Waals surface area contributed by atoms with E-state index in [0.717, 1.165) is 40.7 Å². The van der Waals surface area contributed by atoms with Crippen LogP contribution in [0.3, 0.4) is 0 Å². The molecule has 8 heteroatoms. The molecule has 0 fully saturated rings. The van der Waals surface area contributed by atoms with Gasteiger partial charge in [0, 0.05) is 31.5 Å². The van der Waals surface area contributed by atoms with Gasteiger partial charge in [-0.3, -0.25) is 9.88 Å². The third-order valence-corrected chi connectivity index (χ3v) is 6.87. The van der Waals surface area contributed by atoms with Crippen LogP contribution in [0.5, 0.6) is 6.01 Å². The monoisotopic (exact) mass is 506 g/mol. The number of anilines is 1. The molecule has 170 valence electrons. The quantitative estimate of drug-likeness (QED) is 0.412. The maximum absolute atomic E-state index is 6.25. The van der Waals surface area contributed by atoms with E-state index in [1.807, 2.05) is 18.2 Å². The average Bonchev–Trinajstić information content (AvgIpc) is 3.13. The van der Waals surface area contributed by atoms with Crippen LogP contribution in [0.2, 0.25) is 0 Å². The van der Waals surface area contributed by atoms with E-state index in [4.69, 9.17) is 10.5 Å². The number of nitrogen functional groups attached to an aromatic ring is 1. The number of nitrogens with zero attached hydrogens (tertiary/aromatic N) is 5. The van der Waals surface area contributed by atoms with Gasteiger partial charge in [0.05, 0.1) is 16.5 Å². The molecule has 7 nitrogen and oxygen atoms in total. The predicted molar refractivity (Wildman–Crippen MR) is 133 cm³/mol. The lowest BCUT2D eigenvalue weighted by Crippen LogP contribution is -2.35. The van der Waals surface area contributed by atoms with E-state index in [0.29, 0.717) is 25.0 Å². The van der Waals surface area contributed by atoms with Gasteiger partial charge in [0.1, 0.15) is 12.4 Å². The fraction of sp³-hybridized carbons (Fsp3) is 0.320. The van der Waals surface area contributed by atoms with Crippen molar-refractivity contribution in [3.05, 3.63) is 75.6 Å². The summed E-state index contributed by atoms with van der Waals surface area (Å²) in [5, 5.41) is 0.809. The maximum Gasteiger partial charge on any atom is 0.320 e. The lowest BCUT2D eigenvalue weighted by Gasteiger charge is -2.32. The van der Waals surface area contributed by atoms with Gasteiger partial charge in [-0.25, -0.2) is 0 Å². The van der Waals surface area contributed by atoms with Gasteiger partial charge in [0.25, 0.3) is 0 Å². The second-order valence-corrected chi connectivity index (χ2v) is 9.56. The normalized spacial score (nSPS) is 14.1. The van der Waals surface area contributed by atoms with Crippen molar-refractivity contribution in [3.63, 3.8) is 0 Å². The van der Waals surface area contributed by atoms with Crippen LogP contribution in [0.15, 0.2) is 53.4 Å². The molecule has 4 aromatic rings. The van der Waals surface area contributed by atoms with E-state index >= 15 is 0 Å². The highest BCUT2D eigenvalue weighted by Crippen LogP contribution is 2.30. The third-order valence-electron chi connectivity index (χ3n) is 6.21. The first-order valence-corrected chi connectivity index (χ1v) is 12.0. The van der Waals surface area contributed by atoms with Crippen LogP contribution in [-0.4, -0.2) is 37.0 Å². The first kappa shape index (κ1) is 21.9. The minimum Gasteiger partial charge on any atom is -0.458 e. The van der Waals surface area contributed by atoms with Crippen molar-refractivity contribution in [1.82, 2.24) is 24.4 Å². The highest BCUT2D eigenvalue weighted by atomic mass is 79.9. The van der Waals surface area contributed by atoms with Crippen molar-refractivity contribution >= 4 is 32.8 Å². The summed E-state index contributed by atoms with van der Waals surface area (Å²) < 4.78 is 8.86. The third kappa shape index (κ3) is 4.58. The zero-order valence-electron chi connectivity index (χ0n) is 18.8. The van der Waals surface area contributed by atoms with Crippen LogP contribution in [0.1, 0.15) is 36.1 Å². The summed E-state index contributed by atoms with van der Waals surface area (Å²) in [5.41, 5.74) is 12.1. The number of hydrogen-bond donors (Lipinski definition) is 1. The van der Waals surface area contributed by atoms with Crippen LogP contribution in [0.4, 0.5) is 5.82 Å². The summed E-state index contributed by atoms with van der Waals surface area (Å²) in [6, 6.07) is 13.4. The van der Waals surface area contributed by atoms with Crippen LogP contribution >= 0.6 is 15.9 Å². The summed E-state index contributed by atoms with van der Waals surface area (Å²) in [6.45, 7) is 7.68. The summed E-state index contributed by atoms with van der Waals surface area (Å²) in [7, 11) is 0. The van der Waals surface area contributed by atoms with Gasteiger partial charge in [-0.05, 0) is 76.7 Å². The lowest BCUT2D eigenvalue weighted by molar-refractivity contribution is 0.203. The molecule has 1 aliphatic heterocycles. The molecular weight excluding hydrogens is 480 g/mol. The largest absolute Gasteiger partial charge is 0.458 e. The Labute approximate surface area is 201 Å². The Morgan fingerprint density at radius 3 is 2.67 bits per heavy atom. The zero-order valence-corrected chi connectivity index (χ0v) is 20.4. The number of hydrogen-bond acceptors (Lipinski definition) is 6. The fourth-order valence-corrected chi connectivity index (χ4v) is 4.81. The van der Waals surface area contributed by atoms with E-state index in [1.165, 1.54) is 16.7 Å². The van der Waals surface area contributed by atoms with E-state index in [9.17, 15) is 0 Å². The molecule has 0 saturated carbocycles. The number of rotatable bonds is 6. The van der Waals surface area contributed by atoms with E-state index in [1.54, 1.807) is 12.4 Å². The van der Waals surface area contributed by atoms with Gasteiger partial charge < -0.3 is 15.0 Å².